The summed E-state index contributed by atoms with van der Waals surface area (Å²) in [5, 5.41) is 12.4. The molecule has 2 amide bonds. The lowest BCUT2D eigenvalue weighted by Gasteiger charge is -2.21. The molecule has 2 aromatic carbocycles. The Morgan fingerprint density at radius 3 is 2.33 bits per heavy atom. The van der Waals surface area contributed by atoms with Crippen molar-refractivity contribution in [2.45, 2.75) is 39.1 Å². The van der Waals surface area contributed by atoms with Crippen molar-refractivity contribution in [1.29, 1.82) is 0 Å². The second-order valence-corrected chi connectivity index (χ2v) is 8.13. The summed E-state index contributed by atoms with van der Waals surface area (Å²) in [5.74, 6) is -0.791. The van der Waals surface area contributed by atoms with Crippen LogP contribution in [0.25, 0.3) is 0 Å². The van der Waals surface area contributed by atoms with Gasteiger partial charge in [0.25, 0.3) is 5.91 Å². The van der Waals surface area contributed by atoms with Crippen molar-refractivity contribution in [3.05, 3.63) is 71.5 Å². The van der Waals surface area contributed by atoms with Gasteiger partial charge in [0.1, 0.15) is 5.60 Å². The second kappa shape index (κ2) is 9.31. The number of hydrogen-bond acceptors (Lipinski definition) is 5. The van der Waals surface area contributed by atoms with Crippen LogP contribution >= 0.6 is 0 Å². The van der Waals surface area contributed by atoms with Crippen molar-refractivity contribution in [2.75, 3.05) is 10.6 Å². The SMILES string of the molecule is CC(C)(C)OC(=O)Nc1ccc(C(F)(F)F)cc1NC(=O)c1cn(Cc2ccccc2)nn1. The van der Waals surface area contributed by atoms with Crippen molar-refractivity contribution in [3.63, 3.8) is 0 Å². The Morgan fingerprint density at radius 1 is 1.00 bits per heavy atom. The van der Waals surface area contributed by atoms with Gasteiger partial charge < -0.3 is 10.1 Å². The van der Waals surface area contributed by atoms with E-state index in [0.29, 0.717) is 6.54 Å². The number of ether oxygens (including phenoxy) is 1. The van der Waals surface area contributed by atoms with E-state index < -0.39 is 29.3 Å². The van der Waals surface area contributed by atoms with Gasteiger partial charge in [0.15, 0.2) is 5.69 Å². The third-order valence-electron chi connectivity index (χ3n) is 4.19. The number of amides is 2. The fourth-order valence-corrected chi connectivity index (χ4v) is 2.78. The molecular formula is C22H22F3N5O3. The fourth-order valence-electron chi connectivity index (χ4n) is 2.78. The van der Waals surface area contributed by atoms with Crippen LogP contribution in [0.2, 0.25) is 0 Å². The van der Waals surface area contributed by atoms with Gasteiger partial charge >= 0.3 is 12.3 Å². The summed E-state index contributed by atoms with van der Waals surface area (Å²) in [5.41, 5.74) is -1.33. The van der Waals surface area contributed by atoms with E-state index in [1.807, 2.05) is 30.3 Å². The minimum Gasteiger partial charge on any atom is -0.444 e. The topological polar surface area (TPSA) is 98.1 Å². The summed E-state index contributed by atoms with van der Waals surface area (Å²) in [4.78, 5) is 24.8. The number of carbonyl (C=O) groups is 2. The van der Waals surface area contributed by atoms with Gasteiger partial charge in [-0.05, 0) is 44.5 Å². The summed E-state index contributed by atoms with van der Waals surface area (Å²) in [6.07, 6.45) is -4.16. The lowest BCUT2D eigenvalue weighted by molar-refractivity contribution is -0.137. The van der Waals surface area contributed by atoms with Crippen LogP contribution in [0.4, 0.5) is 29.3 Å². The van der Waals surface area contributed by atoms with Crippen LogP contribution in [0.5, 0.6) is 0 Å². The number of nitrogens with one attached hydrogen (secondary N) is 2. The molecule has 0 atom stereocenters. The van der Waals surface area contributed by atoms with E-state index in [0.717, 1.165) is 23.8 Å². The predicted octanol–water partition coefficient (Wildman–Crippen LogP) is 4.94. The monoisotopic (exact) mass is 461 g/mol. The van der Waals surface area contributed by atoms with E-state index in [1.54, 1.807) is 20.8 Å². The molecule has 0 bridgehead atoms. The van der Waals surface area contributed by atoms with Crippen LogP contribution in [-0.4, -0.2) is 32.6 Å². The molecule has 1 aromatic heterocycles. The van der Waals surface area contributed by atoms with Crippen LogP contribution in [0, 0.1) is 0 Å². The van der Waals surface area contributed by atoms with Gasteiger partial charge in [0.2, 0.25) is 0 Å². The van der Waals surface area contributed by atoms with Gasteiger partial charge in [0, 0.05) is 0 Å². The Balaban J connectivity index is 1.81. The third-order valence-corrected chi connectivity index (χ3v) is 4.19. The van der Waals surface area contributed by atoms with Crippen molar-refractivity contribution in [2.24, 2.45) is 0 Å². The molecule has 2 N–H and O–H groups in total. The van der Waals surface area contributed by atoms with Gasteiger partial charge in [0.05, 0.1) is 29.7 Å². The zero-order valence-corrected chi connectivity index (χ0v) is 18.1. The minimum atomic E-state index is -4.65. The second-order valence-electron chi connectivity index (χ2n) is 8.13. The van der Waals surface area contributed by atoms with E-state index in [-0.39, 0.29) is 17.1 Å². The molecule has 0 fully saturated rings. The molecule has 1 heterocycles. The first-order valence-electron chi connectivity index (χ1n) is 9.87. The van der Waals surface area contributed by atoms with Crippen molar-refractivity contribution < 1.29 is 27.5 Å². The lowest BCUT2D eigenvalue weighted by Crippen LogP contribution is -2.27. The van der Waals surface area contributed by atoms with E-state index >= 15 is 0 Å². The average molecular weight is 461 g/mol. The lowest BCUT2D eigenvalue weighted by atomic mass is 10.1. The highest BCUT2D eigenvalue weighted by molar-refractivity contribution is 6.05. The molecule has 0 aliphatic heterocycles. The molecule has 0 spiro atoms. The first kappa shape index (κ1) is 23.8. The van der Waals surface area contributed by atoms with Gasteiger partial charge in [-0.2, -0.15) is 13.2 Å². The molecule has 174 valence electrons. The summed E-state index contributed by atoms with van der Waals surface area (Å²) in [7, 11) is 0. The standard InChI is InChI=1S/C22H22F3N5O3/c1-21(2,3)33-20(32)27-16-10-9-15(22(23,24)25)11-17(16)26-19(31)18-13-30(29-28-18)12-14-7-5-4-6-8-14/h4-11,13H,12H2,1-3H3,(H,26,31)(H,27,32). The van der Waals surface area contributed by atoms with E-state index in [1.165, 1.54) is 10.9 Å². The van der Waals surface area contributed by atoms with Gasteiger partial charge in [-0.25, -0.2) is 9.48 Å². The van der Waals surface area contributed by atoms with Crippen LogP contribution in [0.3, 0.4) is 0 Å². The fraction of sp³-hybridized carbons (Fsp3) is 0.273. The summed E-state index contributed by atoms with van der Waals surface area (Å²) in [6.45, 7) is 5.28. The highest BCUT2D eigenvalue weighted by atomic mass is 19.4. The molecule has 0 aliphatic rings. The van der Waals surface area contributed by atoms with Crippen LogP contribution in [0.15, 0.2) is 54.7 Å². The summed E-state index contributed by atoms with van der Waals surface area (Å²) in [6, 6.07) is 11.9. The molecule has 33 heavy (non-hydrogen) atoms. The Morgan fingerprint density at radius 2 is 1.70 bits per heavy atom. The highest BCUT2D eigenvalue weighted by Gasteiger charge is 2.31. The maximum Gasteiger partial charge on any atom is 0.416 e. The number of carbonyl (C=O) groups excluding carboxylic acids is 2. The minimum absolute atomic E-state index is 0.0673. The Labute approximate surface area is 187 Å². The van der Waals surface area contributed by atoms with Gasteiger partial charge in [-0.3, -0.25) is 10.1 Å². The predicted molar refractivity (Wildman–Crippen MR) is 115 cm³/mol. The number of aromatic nitrogens is 3. The number of rotatable bonds is 5. The molecule has 3 aromatic rings. The Kier molecular flexibility index (Phi) is 6.70. The average Bonchev–Trinajstić information content (AvgIpc) is 3.16. The molecular weight excluding hydrogens is 439 g/mol. The number of halogens is 3. The quantitative estimate of drug-likeness (QED) is 0.561. The van der Waals surface area contributed by atoms with E-state index in [2.05, 4.69) is 20.9 Å². The van der Waals surface area contributed by atoms with Gasteiger partial charge in [-0.15, -0.1) is 5.10 Å². The maximum absolute atomic E-state index is 13.2. The Hall–Kier alpha value is -3.89. The van der Waals surface area contributed by atoms with E-state index in [4.69, 9.17) is 4.74 Å². The molecule has 11 heteroatoms. The molecule has 0 aliphatic carbocycles. The maximum atomic E-state index is 13.2. The normalized spacial score (nSPS) is 11.7. The number of alkyl halides is 3. The molecule has 0 saturated heterocycles. The first-order chi connectivity index (χ1) is 15.4. The highest BCUT2D eigenvalue weighted by Crippen LogP contribution is 2.34. The number of anilines is 2. The summed E-state index contributed by atoms with van der Waals surface area (Å²) < 4.78 is 46.2. The largest absolute Gasteiger partial charge is 0.444 e. The summed E-state index contributed by atoms with van der Waals surface area (Å²) >= 11 is 0. The molecule has 0 saturated carbocycles. The molecule has 0 radical (unpaired) electrons. The van der Waals surface area contributed by atoms with Crippen LogP contribution in [-0.2, 0) is 17.5 Å². The Bertz CT molecular complexity index is 1140. The van der Waals surface area contributed by atoms with Gasteiger partial charge in [-0.1, -0.05) is 35.5 Å². The van der Waals surface area contributed by atoms with Crippen LogP contribution in [0.1, 0.15) is 42.4 Å². The van der Waals surface area contributed by atoms with Crippen molar-refractivity contribution >= 4 is 23.4 Å². The zero-order chi connectivity index (χ0) is 24.2. The van der Waals surface area contributed by atoms with E-state index in [9.17, 15) is 22.8 Å². The molecule has 0 unspecified atom stereocenters. The van der Waals surface area contributed by atoms with Crippen LogP contribution < -0.4 is 10.6 Å². The zero-order valence-electron chi connectivity index (χ0n) is 18.1. The number of nitrogens with zero attached hydrogens (tertiary/aromatic N) is 3. The third kappa shape index (κ3) is 6.79. The van der Waals surface area contributed by atoms with Crippen molar-refractivity contribution in [1.82, 2.24) is 15.0 Å². The first-order valence-corrected chi connectivity index (χ1v) is 9.87. The number of hydrogen-bond donors (Lipinski definition) is 2. The molecule has 8 nitrogen and oxygen atoms in total. The number of benzene rings is 2. The molecule has 3 rings (SSSR count). The smallest absolute Gasteiger partial charge is 0.416 e. The van der Waals surface area contributed by atoms with Crippen molar-refractivity contribution in [3.8, 4) is 0 Å².